The van der Waals surface area contributed by atoms with Crippen LogP contribution < -0.4 is 9.64 Å². The van der Waals surface area contributed by atoms with Crippen LogP contribution in [0.15, 0.2) is 54.6 Å². The van der Waals surface area contributed by atoms with Crippen molar-refractivity contribution in [1.29, 1.82) is 0 Å². The maximum Gasteiger partial charge on any atom is 0.263 e. The summed E-state index contributed by atoms with van der Waals surface area (Å²) in [6, 6.07) is 18.3. The van der Waals surface area contributed by atoms with Gasteiger partial charge in [0.2, 0.25) is 0 Å². The first kappa shape index (κ1) is 17.3. The molecule has 0 N–H and O–H groups in total. The summed E-state index contributed by atoms with van der Waals surface area (Å²) in [5, 5.41) is 0. The number of carbonyl (C=O) groups excluding carboxylic acids is 1. The number of carbonyl (C=O) groups is 1. The van der Waals surface area contributed by atoms with Crippen molar-refractivity contribution >= 4 is 11.6 Å². The topological polar surface area (TPSA) is 32.8 Å². The summed E-state index contributed by atoms with van der Waals surface area (Å²) in [5.74, 6) is 0.882. The highest BCUT2D eigenvalue weighted by atomic mass is 16.5. The van der Waals surface area contributed by atoms with Crippen molar-refractivity contribution in [3.63, 3.8) is 0 Å². The lowest BCUT2D eigenvalue weighted by atomic mass is 10.1. The second kappa shape index (κ2) is 8.06. The van der Waals surface area contributed by atoms with Gasteiger partial charge in [0, 0.05) is 31.9 Å². The molecular formula is C21H26N2O2. The lowest BCUT2D eigenvalue weighted by Crippen LogP contribution is -2.52. The molecular weight excluding hydrogens is 312 g/mol. The highest BCUT2D eigenvalue weighted by Gasteiger charge is 2.26. The van der Waals surface area contributed by atoms with Gasteiger partial charge in [0.15, 0.2) is 6.10 Å². The van der Waals surface area contributed by atoms with Gasteiger partial charge in [-0.05, 0) is 37.1 Å². The van der Waals surface area contributed by atoms with Crippen molar-refractivity contribution in [2.75, 3.05) is 31.1 Å². The highest BCUT2D eigenvalue weighted by molar-refractivity contribution is 5.81. The molecule has 2 aromatic rings. The largest absolute Gasteiger partial charge is 0.481 e. The summed E-state index contributed by atoms with van der Waals surface area (Å²) in [5.41, 5.74) is 2.35. The predicted molar refractivity (Wildman–Crippen MR) is 101 cm³/mol. The molecule has 1 aliphatic rings. The number of benzene rings is 2. The number of amides is 1. The molecule has 2 aromatic carbocycles. The van der Waals surface area contributed by atoms with Crippen LogP contribution >= 0.6 is 0 Å². The molecule has 1 aliphatic heterocycles. The Bertz CT molecular complexity index is 694. The third kappa shape index (κ3) is 4.13. The second-order valence-electron chi connectivity index (χ2n) is 6.37. The van der Waals surface area contributed by atoms with Gasteiger partial charge >= 0.3 is 0 Å². The summed E-state index contributed by atoms with van der Waals surface area (Å²) in [7, 11) is 0. The Morgan fingerprint density at radius 1 is 1.00 bits per heavy atom. The summed E-state index contributed by atoms with van der Waals surface area (Å²) in [6.07, 6.45) is 0.434. The Balaban J connectivity index is 1.57. The molecule has 1 heterocycles. The van der Waals surface area contributed by atoms with E-state index in [0.29, 0.717) is 0 Å². The number of piperazine rings is 1. The Kier molecular flexibility index (Phi) is 5.59. The van der Waals surface area contributed by atoms with Crippen molar-refractivity contribution in [2.45, 2.75) is 26.4 Å². The van der Waals surface area contributed by atoms with Crippen LogP contribution in [-0.4, -0.2) is 43.1 Å². The van der Waals surface area contributed by atoms with Crippen LogP contribution in [0.2, 0.25) is 0 Å². The van der Waals surface area contributed by atoms with Gasteiger partial charge in [-0.15, -0.1) is 0 Å². The first-order valence-electron chi connectivity index (χ1n) is 9.02. The quantitative estimate of drug-likeness (QED) is 0.838. The molecule has 25 heavy (non-hydrogen) atoms. The number of aryl methyl sites for hydroxylation is 1. The van der Waals surface area contributed by atoms with E-state index in [9.17, 15) is 4.79 Å². The van der Waals surface area contributed by atoms with Crippen LogP contribution in [-0.2, 0) is 11.2 Å². The zero-order chi connectivity index (χ0) is 17.6. The normalized spacial score (nSPS) is 15.8. The zero-order valence-corrected chi connectivity index (χ0v) is 15.0. The number of ether oxygens (including phenoxy) is 1. The van der Waals surface area contributed by atoms with Crippen molar-refractivity contribution in [3.8, 4) is 5.75 Å². The summed E-state index contributed by atoms with van der Waals surface area (Å²) in [4.78, 5) is 17.0. The molecule has 0 radical (unpaired) electrons. The van der Waals surface area contributed by atoms with Crippen molar-refractivity contribution in [1.82, 2.24) is 4.90 Å². The Hall–Kier alpha value is -2.49. The third-order valence-corrected chi connectivity index (χ3v) is 4.72. The molecule has 4 nitrogen and oxygen atoms in total. The van der Waals surface area contributed by atoms with E-state index < -0.39 is 6.10 Å². The molecule has 1 unspecified atom stereocenters. The Morgan fingerprint density at radius 3 is 2.32 bits per heavy atom. The van der Waals surface area contributed by atoms with Crippen molar-refractivity contribution in [2.24, 2.45) is 0 Å². The van der Waals surface area contributed by atoms with Gasteiger partial charge in [-0.1, -0.05) is 43.3 Å². The minimum absolute atomic E-state index is 0.0682. The number of hydrogen-bond acceptors (Lipinski definition) is 3. The highest BCUT2D eigenvalue weighted by Crippen LogP contribution is 2.21. The number of nitrogens with zero attached hydrogens (tertiary/aromatic N) is 2. The maximum atomic E-state index is 12.7. The fourth-order valence-corrected chi connectivity index (χ4v) is 3.23. The van der Waals surface area contributed by atoms with E-state index in [0.717, 1.165) is 43.9 Å². The Morgan fingerprint density at radius 2 is 1.64 bits per heavy atom. The van der Waals surface area contributed by atoms with E-state index in [4.69, 9.17) is 4.74 Å². The Labute approximate surface area is 150 Å². The van der Waals surface area contributed by atoms with E-state index >= 15 is 0 Å². The average molecular weight is 338 g/mol. The predicted octanol–water partition coefficient (Wildman–Crippen LogP) is 3.37. The van der Waals surface area contributed by atoms with Gasteiger partial charge in [-0.3, -0.25) is 4.79 Å². The minimum Gasteiger partial charge on any atom is -0.481 e. The third-order valence-electron chi connectivity index (χ3n) is 4.72. The number of para-hydroxylation sites is 2. The average Bonchev–Trinajstić information content (AvgIpc) is 2.68. The molecule has 132 valence electrons. The monoisotopic (exact) mass is 338 g/mol. The first-order valence-corrected chi connectivity index (χ1v) is 9.02. The van der Waals surface area contributed by atoms with Crippen LogP contribution in [0.3, 0.4) is 0 Å². The lowest BCUT2D eigenvalue weighted by molar-refractivity contribution is -0.138. The van der Waals surface area contributed by atoms with Gasteiger partial charge in [-0.2, -0.15) is 0 Å². The zero-order valence-electron chi connectivity index (χ0n) is 15.0. The van der Waals surface area contributed by atoms with E-state index in [1.807, 2.05) is 54.3 Å². The number of rotatable bonds is 5. The van der Waals surface area contributed by atoms with Crippen LogP contribution in [0.1, 0.15) is 19.4 Å². The van der Waals surface area contributed by atoms with Gasteiger partial charge < -0.3 is 14.5 Å². The summed E-state index contributed by atoms with van der Waals surface area (Å²) < 4.78 is 5.96. The molecule has 3 rings (SSSR count). The molecule has 0 aliphatic carbocycles. The molecule has 0 bridgehead atoms. The summed E-state index contributed by atoms with van der Waals surface area (Å²) >= 11 is 0. The summed E-state index contributed by atoms with van der Waals surface area (Å²) in [6.45, 7) is 7.12. The van der Waals surface area contributed by atoms with E-state index in [1.54, 1.807) is 0 Å². The van der Waals surface area contributed by atoms with E-state index in [1.165, 1.54) is 5.69 Å². The van der Waals surface area contributed by atoms with Crippen LogP contribution in [0, 0.1) is 0 Å². The molecule has 0 saturated carbocycles. The fraction of sp³-hybridized carbons (Fsp3) is 0.381. The molecule has 1 atom stereocenters. The number of anilines is 1. The van der Waals surface area contributed by atoms with Crippen molar-refractivity contribution < 1.29 is 9.53 Å². The number of hydrogen-bond donors (Lipinski definition) is 0. The van der Waals surface area contributed by atoms with Crippen molar-refractivity contribution in [3.05, 3.63) is 60.2 Å². The molecule has 0 spiro atoms. The second-order valence-corrected chi connectivity index (χ2v) is 6.37. The standard InChI is InChI=1S/C21H26N2O2/c1-3-18-9-7-8-12-20(18)25-17(2)21(24)23-15-13-22(14-16-23)19-10-5-4-6-11-19/h4-12,17H,3,13-16H2,1-2H3. The molecule has 1 saturated heterocycles. The van der Waals surface area contributed by atoms with E-state index in [-0.39, 0.29) is 5.91 Å². The van der Waals surface area contributed by atoms with Gasteiger partial charge in [-0.25, -0.2) is 0 Å². The van der Waals surface area contributed by atoms with Gasteiger partial charge in [0.25, 0.3) is 5.91 Å². The molecule has 1 amide bonds. The van der Waals surface area contributed by atoms with Crippen LogP contribution in [0.4, 0.5) is 5.69 Å². The van der Waals surface area contributed by atoms with Gasteiger partial charge in [0.05, 0.1) is 0 Å². The lowest BCUT2D eigenvalue weighted by Gasteiger charge is -2.37. The fourth-order valence-electron chi connectivity index (χ4n) is 3.23. The smallest absolute Gasteiger partial charge is 0.263 e. The van der Waals surface area contributed by atoms with Crippen LogP contribution in [0.25, 0.3) is 0 Å². The SMILES string of the molecule is CCc1ccccc1OC(C)C(=O)N1CCN(c2ccccc2)CC1. The minimum atomic E-state index is -0.462. The van der Waals surface area contributed by atoms with Gasteiger partial charge in [0.1, 0.15) is 5.75 Å². The molecule has 0 aromatic heterocycles. The first-order chi connectivity index (χ1) is 12.2. The van der Waals surface area contributed by atoms with E-state index in [2.05, 4.69) is 24.0 Å². The van der Waals surface area contributed by atoms with Crippen LogP contribution in [0.5, 0.6) is 5.75 Å². The molecule has 1 fully saturated rings. The molecule has 4 heteroatoms. The maximum absolute atomic E-state index is 12.7.